The lowest BCUT2D eigenvalue weighted by Gasteiger charge is -2.23. The SMILES string of the molecule is NC(/C=C/c1ccc(F)cc1)C(F)(F)C(F)(F)F. The largest absolute Gasteiger partial charge is 0.455 e. The molecule has 2 N–H and O–H groups in total. The van der Waals surface area contributed by atoms with Crippen LogP contribution in [0.25, 0.3) is 6.08 Å². The highest BCUT2D eigenvalue weighted by Gasteiger charge is 2.60. The number of nitrogens with two attached hydrogens (primary N) is 1. The average molecular weight is 269 g/mol. The van der Waals surface area contributed by atoms with Crippen molar-refractivity contribution in [2.24, 2.45) is 5.73 Å². The number of alkyl halides is 5. The molecule has 0 saturated carbocycles. The molecule has 0 bridgehead atoms. The normalized spacial score (nSPS) is 15.1. The molecule has 0 amide bonds. The minimum absolute atomic E-state index is 0.268. The topological polar surface area (TPSA) is 26.0 Å². The minimum atomic E-state index is -5.71. The van der Waals surface area contributed by atoms with Crippen molar-refractivity contribution in [3.8, 4) is 0 Å². The van der Waals surface area contributed by atoms with Gasteiger partial charge in [-0.2, -0.15) is 22.0 Å². The van der Waals surface area contributed by atoms with Crippen LogP contribution in [0, 0.1) is 5.82 Å². The molecule has 0 aliphatic rings. The molecule has 1 rings (SSSR count). The van der Waals surface area contributed by atoms with Crippen LogP contribution in [0.15, 0.2) is 30.3 Å². The molecule has 18 heavy (non-hydrogen) atoms. The Morgan fingerprint density at radius 1 is 1.00 bits per heavy atom. The summed E-state index contributed by atoms with van der Waals surface area (Å²) in [5.41, 5.74) is 5.05. The predicted octanol–water partition coefficient (Wildman–Crippen LogP) is 3.36. The number of halogens is 6. The molecule has 1 aromatic rings. The van der Waals surface area contributed by atoms with Crippen LogP contribution in [0.3, 0.4) is 0 Å². The van der Waals surface area contributed by atoms with E-state index >= 15 is 0 Å². The van der Waals surface area contributed by atoms with E-state index < -0.39 is 24.0 Å². The third-order valence-corrected chi connectivity index (χ3v) is 2.16. The van der Waals surface area contributed by atoms with E-state index in [1.807, 2.05) is 0 Å². The predicted molar refractivity (Wildman–Crippen MR) is 54.4 cm³/mol. The molecular formula is C11H9F6N. The molecule has 1 unspecified atom stereocenters. The third kappa shape index (κ3) is 3.25. The lowest BCUT2D eigenvalue weighted by molar-refractivity contribution is -0.285. The molecule has 0 radical (unpaired) electrons. The zero-order chi connectivity index (χ0) is 14.0. The fourth-order valence-corrected chi connectivity index (χ4v) is 1.10. The quantitative estimate of drug-likeness (QED) is 0.836. The lowest BCUT2D eigenvalue weighted by Crippen LogP contribution is -2.50. The van der Waals surface area contributed by atoms with Crippen LogP contribution >= 0.6 is 0 Å². The van der Waals surface area contributed by atoms with Gasteiger partial charge in [-0.05, 0) is 17.7 Å². The Hall–Kier alpha value is -1.50. The summed E-state index contributed by atoms with van der Waals surface area (Å²) in [5.74, 6) is -5.55. The highest BCUT2D eigenvalue weighted by Crippen LogP contribution is 2.37. The zero-order valence-corrected chi connectivity index (χ0v) is 8.89. The van der Waals surface area contributed by atoms with Crippen LogP contribution in [0.1, 0.15) is 5.56 Å². The summed E-state index contributed by atoms with van der Waals surface area (Å²) >= 11 is 0. The smallest absolute Gasteiger partial charge is 0.319 e. The average Bonchev–Trinajstić information content (AvgIpc) is 2.26. The summed E-state index contributed by atoms with van der Waals surface area (Å²) in [7, 11) is 0. The number of hydrogen-bond acceptors (Lipinski definition) is 1. The molecule has 0 saturated heterocycles. The van der Waals surface area contributed by atoms with Crippen LogP contribution in [0.5, 0.6) is 0 Å². The van der Waals surface area contributed by atoms with Gasteiger partial charge in [-0.15, -0.1) is 0 Å². The van der Waals surface area contributed by atoms with E-state index in [0.717, 1.165) is 18.2 Å². The highest BCUT2D eigenvalue weighted by molar-refractivity contribution is 5.49. The van der Waals surface area contributed by atoms with Gasteiger partial charge in [0.15, 0.2) is 0 Å². The van der Waals surface area contributed by atoms with Gasteiger partial charge in [0, 0.05) is 0 Å². The molecule has 0 aliphatic carbocycles. The highest BCUT2D eigenvalue weighted by atomic mass is 19.4. The van der Waals surface area contributed by atoms with Gasteiger partial charge in [0.25, 0.3) is 0 Å². The van der Waals surface area contributed by atoms with E-state index in [0.29, 0.717) is 6.08 Å². The third-order valence-electron chi connectivity index (χ3n) is 2.16. The van der Waals surface area contributed by atoms with E-state index in [1.165, 1.54) is 12.1 Å². The second kappa shape index (κ2) is 5.01. The first kappa shape index (κ1) is 14.6. The van der Waals surface area contributed by atoms with Crippen molar-refractivity contribution in [1.29, 1.82) is 0 Å². The maximum atomic E-state index is 12.7. The molecule has 1 aromatic carbocycles. The Bertz CT molecular complexity index is 420. The van der Waals surface area contributed by atoms with Crippen LogP contribution < -0.4 is 5.73 Å². The Morgan fingerprint density at radius 2 is 1.50 bits per heavy atom. The fraction of sp³-hybridized carbons (Fsp3) is 0.273. The molecular weight excluding hydrogens is 260 g/mol. The van der Waals surface area contributed by atoms with Gasteiger partial charge in [-0.3, -0.25) is 0 Å². The van der Waals surface area contributed by atoms with Gasteiger partial charge >= 0.3 is 12.1 Å². The first-order valence-corrected chi connectivity index (χ1v) is 4.78. The Kier molecular flexibility index (Phi) is 4.05. The van der Waals surface area contributed by atoms with Crippen molar-refractivity contribution < 1.29 is 26.3 Å². The molecule has 0 spiro atoms. The summed E-state index contributed by atoms with van der Waals surface area (Å²) in [6, 6.07) is 2.05. The van der Waals surface area contributed by atoms with Crippen molar-refractivity contribution in [2.45, 2.75) is 18.1 Å². The molecule has 0 aliphatic heterocycles. The summed E-state index contributed by atoms with van der Waals surface area (Å²) in [6.45, 7) is 0. The monoisotopic (exact) mass is 269 g/mol. The summed E-state index contributed by atoms with van der Waals surface area (Å²) in [5, 5.41) is 0. The van der Waals surface area contributed by atoms with Crippen molar-refractivity contribution in [3.05, 3.63) is 41.7 Å². The number of benzene rings is 1. The van der Waals surface area contributed by atoms with Crippen LogP contribution in [0.2, 0.25) is 0 Å². The van der Waals surface area contributed by atoms with Gasteiger partial charge in [0.1, 0.15) is 5.82 Å². The molecule has 100 valence electrons. The van der Waals surface area contributed by atoms with Crippen molar-refractivity contribution >= 4 is 6.08 Å². The van der Waals surface area contributed by atoms with E-state index in [9.17, 15) is 26.3 Å². The Morgan fingerprint density at radius 3 is 1.94 bits per heavy atom. The zero-order valence-electron chi connectivity index (χ0n) is 8.89. The molecule has 7 heteroatoms. The lowest BCUT2D eigenvalue weighted by atomic mass is 10.1. The number of hydrogen-bond donors (Lipinski definition) is 1. The summed E-state index contributed by atoms with van der Waals surface area (Å²) < 4.78 is 73.8. The standard InChI is InChI=1S/C11H9F6N/c12-8-4-1-7(2-5-8)3-6-9(18)10(13,14)11(15,16)17/h1-6,9H,18H2/b6-3+. The molecule has 0 fully saturated rings. The van der Waals surface area contributed by atoms with Crippen LogP contribution in [-0.2, 0) is 0 Å². The fourth-order valence-electron chi connectivity index (χ4n) is 1.10. The minimum Gasteiger partial charge on any atom is -0.319 e. The van der Waals surface area contributed by atoms with Crippen molar-refractivity contribution in [1.82, 2.24) is 0 Å². The van der Waals surface area contributed by atoms with Gasteiger partial charge in [0.2, 0.25) is 0 Å². The van der Waals surface area contributed by atoms with E-state index in [2.05, 4.69) is 0 Å². The molecule has 1 atom stereocenters. The van der Waals surface area contributed by atoms with Gasteiger partial charge < -0.3 is 5.73 Å². The Labute approximate surface area is 98.9 Å². The van der Waals surface area contributed by atoms with E-state index in [1.54, 1.807) is 0 Å². The maximum Gasteiger partial charge on any atom is 0.455 e. The second-order valence-electron chi connectivity index (χ2n) is 3.56. The summed E-state index contributed by atoms with van der Waals surface area (Å²) in [6.07, 6.45) is -4.20. The first-order valence-electron chi connectivity index (χ1n) is 4.78. The maximum absolute atomic E-state index is 12.7. The van der Waals surface area contributed by atoms with Gasteiger partial charge in [-0.1, -0.05) is 24.3 Å². The van der Waals surface area contributed by atoms with Crippen molar-refractivity contribution in [3.63, 3.8) is 0 Å². The Balaban J connectivity index is 2.82. The van der Waals surface area contributed by atoms with Crippen LogP contribution in [-0.4, -0.2) is 18.1 Å². The molecule has 0 aromatic heterocycles. The molecule has 1 nitrogen and oxygen atoms in total. The van der Waals surface area contributed by atoms with Crippen LogP contribution in [0.4, 0.5) is 26.3 Å². The first-order chi connectivity index (χ1) is 8.14. The van der Waals surface area contributed by atoms with Gasteiger partial charge in [0.05, 0.1) is 6.04 Å². The molecule has 0 heterocycles. The van der Waals surface area contributed by atoms with Crippen molar-refractivity contribution in [2.75, 3.05) is 0 Å². The van der Waals surface area contributed by atoms with Gasteiger partial charge in [-0.25, -0.2) is 4.39 Å². The summed E-state index contributed by atoms with van der Waals surface area (Å²) in [4.78, 5) is 0. The van der Waals surface area contributed by atoms with E-state index in [-0.39, 0.29) is 5.56 Å². The van der Waals surface area contributed by atoms with E-state index in [4.69, 9.17) is 5.73 Å². The number of rotatable bonds is 3. The second-order valence-corrected chi connectivity index (χ2v) is 3.56.